The first kappa shape index (κ1) is 16.4. The van der Waals surface area contributed by atoms with E-state index in [-0.39, 0.29) is 10.9 Å². The summed E-state index contributed by atoms with van der Waals surface area (Å²) in [5.41, 5.74) is 3.31. The minimum atomic E-state index is -1.34. The molecule has 0 saturated carbocycles. The largest absolute Gasteiger partial charge is 0.545 e. The topological polar surface area (TPSA) is 53.0 Å². The van der Waals surface area contributed by atoms with Crippen molar-refractivity contribution < 1.29 is 14.3 Å². The molecule has 2 heterocycles. The number of benzene rings is 2. The molecule has 0 bridgehead atoms. The van der Waals surface area contributed by atoms with E-state index in [0.29, 0.717) is 16.8 Å². The smallest absolute Gasteiger partial charge is 0.123 e. The minimum Gasteiger partial charge on any atom is -0.545 e. The van der Waals surface area contributed by atoms with E-state index < -0.39 is 11.8 Å². The zero-order valence-corrected chi connectivity index (χ0v) is 14.6. The van der Waals surface area contributed by atoms with Gasteiger partial charge in [0, 0.05) is 21.4 Å². The molecule has 0 aliphatic rings. The average Bonchev–Trinajstić information content (AvgIpc) is 3.15. The van der Waals surface area contributed by atoms with E-state index in [2.05, 4.69) is 4.98 Å². The van der Waals surface area contributed by atoms with Crippen LogP contribution < -0.4 is 5.11 Å². The molecule has 0 radical (unpaired) electrons. The van der Waals surface area contributed by atoms with Crippen molar-refractivity contribution >= 4 is 28.2 Å². The van der Waals surface area contributed by atoms with Crippen molar-refractivity contribution in [3.8, 4) is 21.7 Å². The Labute approximate surface area is 153 Å². The molecule has 4 rings (SSSR count). The number of aromatic carboxylic acids is 1. The maximum absolute atomic E-state index is 13.6. The Morgan fingerprint density at radius 3 is 2.46 bits per heavy atom. The third-order valence-corrected chi connectivity index (χ3v) is 5.28. The molecule has 5 heteroatoms. The lowest BCUT2D eigenvalue weighted by molar-refractivity contribution is -0.254. The fourth-order valence-corrected chi connectivity index (χ4v) is 3.84. The summed E-state index contributed by atoms with van der Waals surface area (Å²) in [7, 11) is 0. The van der Waals surface area contributed by atoms with Gasteiger partial charge in [-0.15, -0.1) is 11.3 Å². The predicted octanol–water partition coefficient (Wildman–Crippen LogP) is 4.44. The summed E-state index contributed by atoms with van der Waals surface area (Å²) < 4.78 is 13.6. The summed E-state index contributed by atoms with van der Waals surface area (Å²) in [6.45, 7) is 1.67. The molecular weight excluding hydrogens is 349 g/mol. The maximum Gasteiger partial charge on any atom is 0.123 e. The van der Waals surface area contributed by atoms with Crippen molar-refractivity contribution in [2.75, 3.05) is 0 Å². The Morgan fingerprint density at radius 2 is 1.81 bits per heavy atom. The van der Waals surface area contributed by atoms with Crippen molar-refractivity contribution in [1.82, 2.24) is 4.98 Å². The molecule has 0 amide bonds. The molecule has 2 aromatic heterocycles. The summed E-state index contributed by atoms with van der Waals surface area (Å²) in [5, 5.41) is 13.9. The van der Waals surface area contributed by atoms with Crippen LogP contribution in [-0.4, -0.2) is 11.0 Å². The van der Waals surface area contributed by atoms with Gasteiger partial charge in [-0.3, -0.25) is 0 Å². The number of aromatic nitrogens is 1. The number of rotatable bonds is 3. The zero-order valence-electron chi connectivity index (χ0n) is 13.8. The van der Waals surface area contributed by atoms with Crippen molar-refractivity contribution in [2.45, 2.75) is 6.92 Å². The maximum atomic E-state index is 13.6. The molecule has 0 aliphatic carbocycles. The van der Waals surface area contributed by atoms with E-state index in [1.165, 1.54) is 18.2 Å². The Balaban J connectivity index is 1.90. The second kappa shape index (κ2) is 6.35. The number of pyridine rings is 1. The Hall–Kier alpha value is -3.05. The summed E-state index contributed by atoms with van der Waals surface area (Å²) in [5.74, 6) is -1.84. The Bertz CT molecular complexity index is 1120. The van der Waals surface area contributed by atoms with Crippen LogP contribution in [0.5, 0.6) is 0 Å². The second-order valence-corrected chi connectivity index (χ2v) is 6.91. The average molecular weight is 362 g/mol. The molecule has 26 heavy (non-hydrogen) atoms. The summed E-state index contributed by atoms with van der Waals surface area (Å²) in [6.07, 6.45) is 0. The highest BCUT2D eigenvalue weighted by Crippen LogP contribution is 2.32. The first-order chi connectivity index (χ1) is 12.5. The molecule has 0 spiro atoms. The van der Waals surface area contributed by atoms with Crippen molar-refractivity contribution in [3.05, 3.63) is 76.9 Å². The van der Waals surface area contributed by atoms with Gasteiger partial charge in [-0.25, -0.2) is 9.37 Å². The summed E-state index contributed by atoms with van der Waals surface area (Å²) in [6, 6.07) is 15.8. The van der Waals surface area contributed by atoms with Crippen LogP contribution in [0.25, 0.3) is 32.6 Å². The van der Waals surface area contributed by atoms with Crippen molar-refractivity contribution in [2.24, 2.45) is 0 Å². The summed E-state index contributed by atoms with van der Waals surface area (Å²) in [4.78, 5) is 17.4. The van der Waals surface area contributed by atoms with Crippen LogP contribution in [0.2, 0.25) is 0 Å². The van der Waals surface area contributed by atoms with Crippen LogP contribution in [0.15, 0.2) is 60.0 Å². The van der Waals surface area contributed by atoms with Gasteiger partial charge in [0.15, 0.2) is 0 Å². The second-order valence-electron chi connectivity index (χ2n) is 5.96. The number of fused-ring (bicyclic) bond motifs is 1. The first-order valence-corrected chi connectivity index (χ1v) is 8.88. The summed E-state index contributed by atoms with van der Waals surface area (Å²) >= 11 is 1.65. The first-order valence-electron chi connectivity index (χ1n) is 8.00. The normalized spacial score (nSPS) is 11.0. The van der Waals surface area contributed by atoms with E-state index in [0.717, 1.165) is 16.0 Å². The van der Waals surface area contributed by atoms with E-state index in [4.69, 9.17) is 0 Å². The molecular formula is C21H13FNO2S-. The lowest BCUT2D eigenvalue weighted by Gasteiger charge is -2.15. The number of carboxylic acid groups (broad SMARTS) is 1. The highest BCUT2D eigenvalue weighted by molar-refractivity contribution is 7.13. The lowest BCUT2D eigenvalue weighted by atomic mass is 9.97. The van der Waals surface area contributed by atoms with Gasteiger partial charge < -0.3 is 9.90 Å². The van der Waals surface area contributed by atoms with Crippen LogP contribution in [0.1, 0.15) is 15.9 Å². The number of hydrogen-bond donors (Lipinski definition) is 0. The van der Waals surface area contributed by atoms with Gasteiger partial charge in [-0.1, -0.05) is 30.3 Å². The van der Waals surface area contributed by atoms with Crippen LogP contribution in [0.3, 0.4) is 0 Å². The third kappa shape index (κ3) is 2.76. The van der Waals surface area contributed by atoms with Crippen molar-refractivity contribution in [3.63, 3.8) is 0 Å². The Morgan fingerprint density at radius 1 is 1.08 bits per heavy atom. The van der Waals surface area contributed by atoms with Crippen LogP contribution in [0.4, 0.5) is 4.39 Å². The van der Waals surface area contributed by atoms with Crippen LogP contribution >= 0.6 is 11.3 Å². The van der Waals surface area contributed by atoms with Gasteiger partial charge in [0.2, 0.25) is 0 Å². The highest BCUT2D eigenvalue weighted by atomic mass is 32.1. The molecule has 2 aromatic carbocycles. The minimum absolute atomic E-state index is 0.0215. The fraction of sp³-hybridized carbons (Fsp3) is 0.0476. The molecule has 0 atom stereocenters. The van der Waals surface area contributed by atoms with E-state index in [1.54, 1.807) is 18.3 Å². The SMILES string of the molecule is Cc1c(-c2ccc(-c3cccs3)cc2)nc2ccc(F)cc2c1C(=O)[O-]. The standard InChI is InChI=1S/C21H14FNO2S/c1-12-19(21(24)25)16-11-15(22)8-9-17(16)23-20(12)14-6-4-13(5-7-14)18-3-2-10-26-18/h2-11H,1H3,(H,24,25)/p-1. The fourth-order valence-electron chi connectivity index (χ4n) is 3.11. The number of carbonyl (C=O) groups is 1. The quantitative estimate of drug-likeness (QED) is 0.541. The number of carboxylic acids is 1. The molecule has 0 unspecified atom stereocenters. The number of halogens is 1. The van der Waals surface area contributed by atoms with Gasteiger partial charge in [0.25, 0.3) is 0 Å². The molecule has 0 saturated heterocycles. The number of hydrogen-bond acceptors (Lipinski definition) is 4. The van der Waals surface area contributed by atoms with Crippen LogP contribution in [-0.2, 0) is 0 Å². The van der Waals surface area contributed by atoms with E-state index in [1.807, 2.05) is 41.8 Å². The van der Waals surface area contributed by atoms with Gasteiger partial charge in [0.05, 0.1) is 17.2 Å². The predicted molar refractivity (Wildman–Crippen MR) is 99.5 cm³/mol. The number of carbonyl (C=O) groups excluding carboxylic acids is 1. The molecule has 0 aliphatic heterocycles. The van der Waals surface area contributed by atoms with E-state index >= 15 is 0 Å². The Kier molecular flexibility index (Phi) is 4.01. The van der Waals surface area contributed by atoms with Gasteiger partial charge in [0.1, 0.15) is 5.82 Å². The van der Waals surface area contributed by atoms with Gasteiger partial charge in [-0.05, 0) is 47.7 Å². The lowest BCUT2D eigenvalue weighted by Crippen LogP contribution is -2.24. The molecule has 4 aromatic rings. The molecule has 3 nitrogen and oxygen atoms in total. The number of thiophene rings is 1. The highest BCUT2D eigenvalue weighted by Gasteiger charge is 2.15. The third-order valence-electron chi connectivity index (χ3n) is 4.36. The monoisotopic (exact) mass is 362 g/mol. The van der Waals surface area contributed by atoms with Crippen molar-refractivity contribution in [1.29, 1.82) is 0 Å². The van der Waals surface area contributed by atoms with E-state index in [9.17, 15) is 14.3 Å². The van der Waals surface area contributed by atoms with Gasteiger partial charge >= 0.3 is 0 Å². The zero-order chi connectivity index (χ0) is 18.3. The molecule has 128 valence electrons. The molecule has 0 fully saturated rings. The van der Waals surface area contributed by atoms with Gasteiger partial charge in [-0.2, -0.15) is 0 Å². The van der Waals surface area contributed by atoms with Crippen LogP contribution in [0, 0.1) is 12.7 Å². The number of nitrogens with zero attached hydrogens (tertiary/aromatic N) is 1. The molecule has 0 N–H and O–H groups in total.